The molecule has 12 heteroatoms. The van der Waals surface area contributed by atoms with Crippen molar-refractivity contribution >= 4 is 68.9 Å². The molecular weight excluding hydrogens is 521 g/mol. The van der Waals surface area contributed by atoms with E-state index in [1.807, 2.05) is 0 Å². The Morgan fingerprint density at radius 2 is 1.31 bits per heavy atom. The summed E-state index contributed by atoms with van der Waals surface area (Å²) in [7, 11) is -4.08. The van der Waals surface area contributed by atoms with E-state index in [1.165, 1.54) is 12.1 Å². The Bertz CT molecular complexity index is 1220. The maximum absolute atomic E-state index is 13.1. The molecule has 6 nitrogen and oxygen atoms in total. The SMILES string of the molecule is Cl.N=C(N)c1ccc(Cl)cc1.NC(=NS(=O)(=O)c1ccc(F)c(Cl)c1)c1ccc(Cl)cc1. The van der Waals surface area contributed by atoms with Crippen molar-refractivity contribution in [1.29, 1.82) is 5.41 Å². The normalized spacial score (nSPS) is 11.1. The second-order valence-corrected chi connectivity index (χ2v) is 8.84. The van der Waals surface area contributed by atoms with Gasteiger partial charge in [0.15, 0.2) is 0 Å². The second-order valence-electron chi connectivity index (χ2n) is 5.95. The number of nitrogen functional groups attached to an aromatic ring is 1. The van der Waals surface area contributed by atoms with Gasteiger partial charge in [-0.15, -0.1) is 16.8 Å². The second kappa shape index (κ2) is 12.0. The highest BCUT2D eigenvalue weighted by Crippen LogP contribution is 2.21. The number of sulfonamides is 1. The minimum absolute atomic E-state index is 0. The van der Waals surface area contributed by atoms with Gasteiger partial charge in [0.2, 0.25) is 0 Å². The molecule has 0 spiro atoms. The first-order chi connectivity index (χ1) is 14.5. The minimum Gasteiger partial charge on any atom is -0.384 e. The summed E-state index contributed by atoms with van der Waals surface area (Å²) in [5.74, 6) is -0.853. The fourth-order valence-electron chi connectivity index (χ4n) is 2.12. The van der Waals surface area contributed by atoms with Gasteiger partial charge in [-0.25, -0.2) is 4.39 Å². The maximum atomic E-state index is 13.1. The Morgan fingerprint density at radius 1 is 0.844 bits per heavy atom. The van der Waals surface area contributed by atoms with Crippen LogP contribution in [0.15, 0.2) is 76.0 Å². The zero-order chi connectivity index (χ0) is 23.2. The maximum Gasteiger partial charge on any atom is 0.284 e. The first-order valence-electron chi connectivity index (χ1n) is 8.41. The van der Waals surface area contributed by atoms with Crippen LogP contribution in [0.1, 0.15) is 11.1 Å². The number of rotatable bonds is 4. The summed E-state index contributed by atoms with van der Waals surface area (Å²) in [4.78, 5) is -0.245. The number of benzene rings is 3. The summed E-state index contributed by atoms with van der Waals surface area (Å²) in [6.45, 7) is 0. The van der Waals surface area contributed by atoms with Crippen molar-refractivity contribution < 1.29 is 12.8 Å². The van der Waals surface area contributed by atoms with Gasteiger partial charge in [-0.2, -0.15) is 8.42 Å². The molecule has 0 radical (unpaired) electrons. The molecule has 0 aliphatic heterocycles. The lowest BCUT2D eigenvalue weighted by atomic mass is 10.2. The average Bonchev–Trinajstić information content (AvgIpc) is 2.71. The third-order valence-electron chi connectivity index (χ3n) is 3.70. The van der Waals surface area contributed by atoms with Crippen molar-refractivity contribution in [2.45, 2.75) is 4.90 Å². The number of hydrogen-bond acceptors (Lipinski definition) is 3. The zero-order valence-corrected chi connectivity index (χ0v) is 20.0. The van der Waals surface area contributed by atoms with Crippen molar-refractivity contribution in [2.75, 3.05) is 0 Å². The summed E-state index contributed by atoms with van der Waals surface area (Å²) < 4.78 is 40.7. The van der Waals surface area contributed by atoms with Crippen molar-refractivity contribution in [3.63, 3.8) is 0 Å². The summed E-state index contributed by atoms with van der Waals surface area (Å²) in [6.07, 6.45) is 0. The summed E-state index contributed by atoms with van der Waals surface area (Å²) >= 11 is 16.9. The molecule has 5 N–H and O–H groups in total. The first kappa shape index (κ1) is 27.7. The molecule has 0 heterocycles. The highest BCUT2D eigenvalue weighted by Gasteiger charge is 2.16. The molecule has 32 heavy (non-hydrogen) atoms. The lowest BCUT2D eigenvalue weighted by molar-refractivity contribution is 0.596. The van der Waals surface area contributed by atoms with Gasteiger partial charge in [0.25, 0.3) is 10.0 Å². The smallest absolute Gasteiger partial charge is 0.284 e. The predicted molar refractivity (Wildman–Crippen MR) is 130 cm³/mol. The van der Waals surface area contributed by atoms with Crippen molar-refractivity contribution in [1.82, 2.24) is 0 Å². The summed E-state index contributed by atoms with van der Waals surface area (Å²) in [5, 5.41) is 7.87. The van der Waals surface area contributed by atoms with Gasteiger partial charge in [-0.05, 0) is 66.7 Å². The fraction of sp³-hybridized carbons (Fsp3) is 0. The van der Waals surface area contributed by atoms with E-state index >= 15 is 0 Å². The molecular formula is C20H17Cl4FN4O2S. The number of nitrogens with one attached hydrogen (secondary N) is 1. The highest BCUT2D eigenvalue weighted by atomic mass is 35.5. The molecule has 0 bridgehead atoms. The van der Waals surface area contributed by atoms with Crippen molar-refractivity contribution in [3.05, 3.63) is 98.7 Å². The molecule has 170 valence electrons. The topological polar surface area (TPSA) is 122 Å². The molecule has 0 saturated heterocycles. The van der Waals surface area contributed by atoms with Crippen LogP contribution in [0.2, 0.25) is 15.1 Å². The summed E-state index contributed by atoms with van der Waals surface area (Å²) in [6, 6.07) is 16.0. The van der Waals surface area contributed by atoms with Crippen LogP contribution < -0.4 is 11.5 Å². The molecule has 0 aromatic heterocycles. The molecule has 0 amide bonds. The van der Waals surface area contributed by atoms with Crippen molar-refractivity contribution in [2.24, 2.45) is 15.9 Å². The number of nitrogens with zero attached hydrogens (tertiary/aromatic N) is 1. The van der Waals surface area contributed by atoms with Crippen LogP contribution in [0.4, 0.5) is 4.39 Å². The van der Waals surface area contributed by atoms with E-state index in [4.69, 9.17) is 51.7 Å². The lowest BCUT2D eigenvalue weighted by Crippen LogP contribution is -2.16. The summed E-state index contributed by atoms with van der Waals surface area (Å²) in [5.41, 5.74) is 12.0. The van der Waals surface area contributed by atoms with Crippen LogP contribution in [-0.2, 0) is 10.0 Å². The highest BCUT2D eigenvalue weighted by molar-refractivity contribution is 7.90. The van der Waals surface area contributed by atoms with Crippen LogP contribution in [-0.4, -0.2) is 20.1 Å². The molecule has 0 atom stereocenters. The lowest BCUT2D eigenvalue weighted by Gasteiger charge is -2.03. The van der Waals surface area contributed by atoms with Gasteiger partial charge >= 0.3 is 0 Å². The number of nitrogens with two attached hydrogens (primary N) is 2. The molecule has 0 aliphatic rings. The molecule has 0 fully saturated rings. The Balaban J connectivity index is 0.000000393. The third kappa shape index (κ3) is 7.96. The number of halogens is 5. The van der Waals surface area contributed by atoms with Crippen LogP contribution in [0.5, 0.6) is 0 Å². The molecule has 0 unspecified atom stereocenters. The van der Waals surface area contributed by atoms with E-state index in [1.54, 1.807) is 36.4 Å². The minimum atomic E-state index is -4.08. The van der Waals surface area contributed by atoms with Gasteiger partial charge in [-0.3, -0.25) is 5.41 Å². The van der Waals surface area contributed by atoms with E-state index in [-0.39, 0.29) is 34.0 Å². The molecule has 3 aromatic carbocycles. The molecule has 3 rings (SSSR count). The van der Waals surface area contributed by atoms with Crippen LogP contribution >= 0.6 is 47.2 Å². The molecule has 0 aliphatic carbocycles. The van der Waals surface area contributed by atoms with E-state index < -0.39 is 15.8 Å². The largest absolute Gasteiger partial charge is 0.384 e. The van der Waals surface area contributed by atoms with Gasteiger partial charge < -0.3 is 11.5 Å². The first-order valence-corrected chi connectivity index (χ1v) is 11.0. The standard InChI is InChI=1S/C13H9Cl2FN2O2S.C7H7ClN2.ClH/c14-9-3-1-8(2-4-9)13(17)18-21(19,20)10-5-6-12(16)11(15)7-10;8-6-3-1-5(2-4-6)7(9)10;/h1-7H,(H2,17,18);1-4H,(H3,9,10);1H. The molecule has 3 aromatic rings. The number of hydrogen-bond donors (Lipinski definition) is 3. The Morgan fingerprint density at radius 3 is 1.75 bits per heavy atom. The van der Waals surface area contributed by atoms with Crippen LogP contribution in [0.25, 0.3) is 0 Å². The van der Waals surface area contributed by atoms with Gasteiger partial charge in [0.05, 0.1) is 9.92 Å². The van der Waals surface area contributed by atoms with Gasteiger partial charge in [-0.1, -0.05) is 34.8 Å². The van der Waals surface area contributed by atoms with Gasteiger partial charge in [0, 0.05) is 21.2 Å². The predicted octanol–water partition coefficient (Wildman–Crippen LogP) is 5.27. The Kier molecular flexibility index (Phi) is 10.4. The van der Waals surface area contributed by atoms with Gasteiger partial charge in [0.1, 0.15) is 17.5 Å². The molecule has 0 saturated carbocycles. The van der Waals surface area contributed by atoms with E-state index in [2.05, 4.69) is 4.40 Å². The van der Waals surface area contributed by atoms with Crippen LogP contribution in [0.3, 0.4) is 0 Å². The van der Waals surface area contributed by atoms with E-state index in [0.717, 1.165) is 18.2 Å². The average molecular weight is 538 g/mol. The van der Waals surface area contributed by atoms with E-state index in [0.29, 0.717) is 21.2 Å². The third-order valence-corrected chi connectivity index (χ3v) is 5.78. The Hall–Kier alpha value is -2.36. The van der Waals surface area contributed by atoms with Crippen molar-refractivity contribution in [3.8, 4) is 0 Å². The van der Waals surface area contributed by atoms with Crippen LogP contribution in [0, 0.1) is 11.2 Å². The monoisotopic (exact) mass is 536 g/mol. The zero-order valence-electron chi connectivity index (χ0n) is 16.1. The Labute approximate surface area is 206 Å². The number of amidine groups is 2. The fourth-order valence-corrected chi connectivity index (χ4v) is 3.60. The van der Waals surface area contributed by atoms with E-state index in [9.17, 15) is 12.8 Å². The quantitative estimate of drug-likeness (QED) is 0.309.